The number of aliphatic hydroxyl groups excluding tert-OH is 2. The zero-order valence-corrected chi connectivity index (χ0v) is 52.3. The van der Waals surface area contributed by atoms with Crippen LogP contribution in [0.3, 0.4) is 0 Å². The van der Waals surface area contributed by atoms with E-state index in [0.717, 1.165) is 16.5 Å². The number of halogens is 1. The Morgan fingerprint density at radius 3 is 2.08 bits per heavy atom. The highest BCUT2D eigenvalue weighted by Crippen LogP contribution is 2.50. The number of benzene rings is 5. The predicted octanol–water partition coefficient (Wildman–Crippen LogP) is 11.1. The van der Waals surface area contributed by atoms with Crippen molar-refractivity contribution >= 4 is 52.7 Å². The zero-order valence-electron chi connectivity index (χ0n) is 51.6. The van der Waals surface area contributed by atoms with Crippen molar-refractivity contribution in [2.75, 3.05) is 34.9 Å². The number of Topliss-reactive ketones (excluding diaryl/α,β-unsaturated/α-hetero) is 2. The lowest BCUT2D eigenvalue weighted by atomic mass is 9.79. The molecule has 0 aromatic heterocycles. The van der Waals surface area contributed by atoms with E-state index in [4.69, 9.17) is 46.6 Å². The van der Waals surface area contributed by atoms with Gasteiger partial charge in [-0.15, -0.1) is 0 Å². The molecule has 0 fully saturated rings. The van der Waals surface area contributed by atoms with Gasteiger partial charge in [-0.3, -0.25) is 39.0 Å². The minimum Gasteiger partial charge on any atom is -0.496 e. The summed E-state index contributed by atoms with van der Waals surface area (Å²) in [5.74, 6) is -7.98. The number of hydrogen-bond acceptors (Lipinski definition) is 16. The number of nitrogens with one attached hydrogen (secondary N) is 3. The van der Waals surface area contributed by atoms with Gasteiger partial charge in [0.25, 0.3) is 0 Å². The van der Waals surface area contributed by atoms with Gasteiger partial charge in [-0.25, -0.2) is 11.4 Å². The van der Waals surface area contributed by atoms with Gasteiger partial charge in [-0.2, -0.15) is 0 Å². The number of ether oxygens (including phenoxy) is 6. The highest BCUT2D eigenvalue weighted by Gasteiger charge is 2.42. The first-order chi connectivity index (χ1) is 42.2. The monoisotopic (exact) mass is 1240 g/mol. The fourth-order valence-electron chi connectivity index (χ4n) is 11.7. The molecule has 9 atom stereocenters. The van der Waals surface area contributed by atoms with Crippen molar-refractivity contribution in [3.8, 4) is 51.4 Å². The molecule has 11 bridgehead atoms. The summed E-state index contributed by atoms with van der Waals surface area (Å²) in [7, 11) is 5.66. The van der Waals surface area contributed by atoms with Gasteiger partial charge in [0.2, 0.25) is 35.8 Å². The summed E-state index contributed by atoms with van der Waals surface area (Å²) in [4.78, 5) is 106. The Labute approximate surface area is 521 Å². The number of likely N-dealkylation sites (N-methyl/N-ethyl adjacent to an activating group) is 1. The number of aryl methyl sites for hydroxylation is 1. The van der Waals surface area contributed by atoms with Crippen LogP contribution in [0, 0.1) is 41.4 Å². The molecule has 5 N–H and O–H groups in total. The Morgan fingerprint density at radius 2 is 1.47 bits per heavy atom. The van der Waals surface area contributed by atoms with E-state index in [-0.39, 0.29) is 69.9 Å². The maximum absolute atomic E-state index is 15.6. The molecule has 5 aromatic rings. The summed E-state index contributed by atoms with van der Waals surface area (Å²) in [6.07, 6.45) is -5.57. The largest absolute Gasteiger partial charge is 0.496 e. The number of nitrogens with zero attached hydrogens (tertiary/aromatic N) is 3. The average molecular weight is 1240 g/mol. The molecule has 0 radical (unpaired) electrons. The molecule has 10 rings (SSSR count). The van der Waals surface area contributed by atoms with Gasteiger partial charge >= 0.3 is 11.8 Å². The number of aliphatic hydroxyl groups is 2. The third-order valence-corrected chi connectivity index (χ3v) is 16.5. The minimum atomic E-state index is -2.04. The molecule has 5 heterocycles. The quantitative estimate of drug-likeness (QED) is 0.0467. The number of amides is 4. The zero-order chi connectivity index (χ0) is 64.9. The molecule has 472 valence electrons. The Morgan fingerprint density at radius 1 is 0.820 bits per heavy atom. The van der Waals surface area contributed by atoms with Crippen LogP contribution in [0.15, 0.2) is 78.9 Å². The number of fused-ring (bicyclic) bond motifs is 15. The number of nitro benzene ring substituents is 1. The first-order valence-corrected chi connectivity index (χ1v) is 29.7. The van der Waals surface area contributed by atoms with E-state index in [9.17, 15) is 29.9 Å². The number of nitro groups is 1. The van der Waals surface area contributed by atoms with Crippen LogP contribution in [0.25, 0.3) is 16.0 Å². The SMILES string of the molecule is [C-]#[N+]C[C@@H]1CC(=O)[C@H](NC(=O)[C@@H](CC(C)C)N(C)C(=O)OC(C)(C)C)[C@H](O)c2ccc(c([N+](=O)[O-])c2)Oc2cc3cc(c2OC)Oc2ccc(cc2Cl)[C@@H](O)[C@@H]2CC(=O)[C@@H](CC[C@@H]3NC1=O)c1ccc(OC)c(c1)-c1c(OC)cc(C)cc1[C@@H](CC)NC2=O. The number of ketones is 2. The van der Waals surface area contributed by atoms with Gasteiger partial charge < -0.3 is 59.4 Å². The van der Waals surface area contributed by atoms with E-state index in [1.807, 2.05) is 32.0 Å². The third kappa shape index (κ3) is 14.7. The third-order valence-electron chi connectivity index (χ3n) is 16.2. The van der Waals surface area contributed by atoms with Crippen LogP contribution < -0.4 is 39.6 Å². The van der Waals surface area contributed by atoms with Gasteiger partial charge in [-0.05, 0) is 141 Å². The van der Waals surface area contributed by atoms with E-state index in [0.29, 0.717) is 40.2 Å². The molecule has 0 saturated heterocycles. The lowest BCUT2D eigenvalue weighted by Gasteiger charge is -2.33. The lowest BCUT2D eigenvalue weighted by Crippen LogP contribution is -2.55. The normalized spacial score (nSPS) is 21.6. The van der Waals surface area contributed by atoms with Gasteiger partial charge in [0.15, 0.2) is 17.3 Å². The summed E-state index contributed by atoms with van der Waals surface area (Å²) >= 11 is 7.02. The maximum Gasteiger partial charge on any atom is 0.410 e. The van der Waals surface area contributed by atoms with Crippen LogP contribution in [0.1, 0.15) is 144 Å². The van der Waals surface area contributed by atoms with Crippen LogP contribution >= 0.6 is 11.6 Å². The van der Waals surface area contributed by atoms with Gasteiger partial charge in [-0.1, -0.05) is 56.6 Å². The maximum atomic E-state index is 15.6. The Bertz CT molecular complexity index is 3620. The topological polar surface area (TPSA) is 285 Å². The molecule has 5 aromatic carbocycles. The molecule has 0 aliphatic carbocycles. The van der Waals surface area contributed by atoms with Gasteiger partial charge in [0, 0.05) is 43.0 Å². The molecule has 0 spiro atoms. The van der Waals surface area contributed by atoms with Crippen LogP contribution in [-0.4, -0.2) is 108 Å². The van der Waals surface area contributed by atoms with E-state index >= 15 is 19.2 Å². The molecule has 5 aliphatic rings. The average Bonchev–Trinajstić information content (AvgIpc) is 1.17. The summed E-state index contributed by atoms with van der Waals surface area (Å²) in [6, 6.07) is 14.6. The van der Waals surface area contributed by atoms with Crippen molar-refractivity contribution in [1.82, 2.24) is 20.9 Å². The van der Waals surface area contributed by atoms with Crippen LogP contribution in [0.5, 0.6) is 40.2 Å². The highest BCUT2D eigenvalue weighted by molar-refractivity contribution is 6.32. The second-order valence-electron chi connectivity index (χ2n) is 24.1. The van der Waals surface area contributed by atoms with E-state index < -0.39 is 131 Å². The first kappa shape index (κ1) is 66.2. The Balaban J connectivity index is 1.35. The number of carbonyl (C=O) groups excluding carboxylic acids is 6. The lowest BCUT2D eigenvalue weighted by molar-refractivity contribution is -0.385. The van der Waals surface area contributed by atoms with E-state index in [1.165, 1.54) is 70.8 Å². The summed E-state index contributed by atoms with van der Waals surface area (Å²) in [6.45, 7) is 19.8. The minimum absolute atomic E-state index is 0.00554. The van der Waals surface area contributed by atoms with Crippen molar-refractivity contribution in [2.24, 2.45) is 17.8 Å². The van der Waals surface area contributed by atoms with Crippen molar-refractivity contribution in [2.45, 2.75) is 135 Å². The van der Waals surface area contributed by atoms with Crippen molar-refractivity contribution in [3.05, 3.63) is 139 Å². The molecular weight excluding hydrogens is 1170 g/mol. The summed E-state index contributed by atoms with van der Waals surface area (Å²) in [5.41, 5.74) is 1.55. The van der Waals surface area contributed by atoms with E-state index in [2.05, 4.69) is 20.8 Å². The van der Waals surface area contributed by atoms with Crippen LogP contribution in [-0.2, 0) is 28.7 Å². The molecule has 0 saturated carbocycles. The number of rotatable bonds is 11. The molecule has 23 heteroatoms. The number of hydrogen-bond donors (Lipinski definition) is 5. The second-order valence-corrected chi connectivity index (χ2v) is 24.5. The fraction of sp³-hybridized carbons (Fsp3) is 0.439. The van der Waals surface area contributed by atoms with Crippen molar-refractivity contribution in [1.29, 1.82) is 0 Å². The Hall–Kier alpha value is -8.78. The van der Waals surface area contributed by atoms with Gasteiger partial charge in [0.05, 0.1) is 55.4 Å². The molecule has 89 heavy (non-hydrogen) atoms. The van der Waals surface area contributed by atoms with Gasteiger partial charge in [0.1, 0.15) is 52.7 Å². The smallest absolute Gasteiger partial charge is 0.410 e. The molecule has 4 amide bonds. The standard InChI is InChI=1S/C66H75ClN6O16/c1-13-45-41-23-34(4)24-54(85-11)57(41)42-25-35(14-19-51(42)84-10)40-17-18-46-38-29-55(87-52-20-15-36(26-44(52)67)59(76)43(31-49(40)74)63(79)69-45)61(86-12)56(30-38)88-53-21-16-37(27-47(53)73(82)83)60(77)58(50(75)28-39(32-68-8)62(78)70-46)71-64(80)48(22-33(2)3)72(9)65(81)89-66(5,6)7/h14-16,19-21,23-27,29-30,33,39-40,43,45-46,48,58-60,76-77H,13,17-18,22,28,31-32H2,1-7,9-12H3,(H,69,79)(H,70,78)(H,71,80)/t39-,40-,43-,45+,46-,48+,58-,59+,60+/m0/s1. The summed E-state index contributed by atoms with van der Waals surface area (Å²) < 4.78 is 36.5. The molecule has 0 unspecified atom stereocenters. The van der Waals surface area contributed by atoms with Crippen LogP contribution in [0.2, 0.25) is 5.02 Å². The summed E-state index contributed by atoms with van der Waals surface area (Å²) in [5, 5.41) is 46.6. The van der Waals surface area contributed by atoms with Crippen molar-refractivity contribution in [3.63, 3.8) is 0 Å². The highest BCUT2D eigenvalue weighted by atomic mass is 35.5. The van der Waals surface area contributed by atoms with Crippen molar-refractivity contribution < 1.29 is 72.3 Å². The number of carbonyl (C=O) groups is 6. The molecule has 22 nitrogen and oxygen atoms in total. The Kier molecular flexibility index (Phi) is 20.6. The first-order valence-electron chi connectivity index (χ1n) is 29.3. The number of methoxy groups -OCH3 is 3. The van der Waals surface area contributed by atoms with E-state index in [1.54, 1.807) is 46.8 Å². The fourth-order valence-corrected chi connectivity index (χ4v) is 11.9. The second kappa shape index (κ2) is 27.7. The molecular formula is C66H75ClN6O16. The molecule has 5 aliphatic heterocycles. The van der Waals surface area contributed by atoms with Crippen LogP contribution in [0.4, 0.5) is 10.5 Å². The predicted molar refractivity (Wildman–Crippen MR) is 328 cm³/mol.